The first-order chi connectivity index (χ1) is 10.6. The molecule has 0 spiro atoms. The van der Waals surface area contributed by atoms with Crippen molar-refractivity contribution in [2.24, 2.45) is 4.99 Å². The van der Waals surface area contributed by atoms with Gasteiger partial charge in [0.05, 0.1) is 20.3 Å². The van der Waals surface area contributed by atoms with Crippen LogP contribution in [-0.2, 0) is 0 Å². The van der Waals surface area contributed by atoms with Gasteiger partial charge in [0.1, 0.15) is 0 Å². The molecule has 1 rings (SSSR count). The number of hydrogen-bond acceptors (Lipinski definition) is 4. The fraction of sp³-hybridized carbons (Fsp3) is 0.562. The summed E-state index contributed by atoms with van der Waals surface area (Å²) in [6.45, 7) is 8.35. The highest BCUT2D eigenvalue weighted by atomic mass is 127. The molecule has 0 heterocycles. The smallest absolute Gasteiger partial charge is 0.195 e. The van der Waals surface area contributed by atoms with Gasteiger partial charge in [-0.25, -0.2) is 0 Å². The molecule has 0 bridgehead atoms. The lowest BCUT2D eigenvalue weighted by molar-refractivity contribution is 0.311. The van der Waals surface area contributed by atoms with E-state index in [9.17, 15) is 0 Å². The Morgan fingerprint density at radius 2 is 2.04 bits per heavy atom. The maximum absolute atomic E-state index is 5.60. The highest BCUT2D eigenvalue weighted by Gasteiger charge is 2.07. The highest BCUT2D eigenvalue weighted by Crippen LogP contribution is 2.30. The van der Waals surface area contributed by atoms with Crippen LogP contribution in [0.1, 0.15) is 20.8 Å². The minimum Gasteiger partial charge on any atom is -0.493 e. The summed E-state index contributed by atoms with van der Waals surface area (Å²) in [5, 5.41) is 7.04. The maximum atomic E-state index is 5.60. The summed E-state index contributed by atoms with van der Waals surface area (Å²) in [7, 11) is 1.64. The molecule has 1 unspecified atom stereocenters. The highest BCUT2D eigenvalue weighted by molar-refractivity contribution is 14.0. The molecule has 0 aliphatic rings. The van der Waals surface area contributed by atoms with Gasteiger partial charge in [-0.05, 0) is 32.2 Å². The number of nitrogens with zero attached hydrogens (tertiary/aromatic N) is 1. The second kappa shape index (κ2) is 12.6. The van der Waals surface area contributed by atoms with Gasteiger partial charge in [0.25, 0.3) is 0 Å². The van der Waals surface area contributed by atoms with Crippen molar-refractivity contribution in [3.8, 4) is 11.5 Å². The van der Waals surface area contributed by atoms with Crippen LogP contribution in [0.5, 0.6) is 11.5 Å². The number of nitrogens with one attached hydrogen (secondary N) is 2. The van der Waals surface area contributed by atoms with E-state index >= 15 is 0 Å². The molecule has 0 radical (unpaired) electrons. The van der Waals surface area contributed by atoms with E-state index in [1.807, 2.05) is 25.1 Å². The lowest BCUT2D eigenvalue weighted by atomic mass is 10.2. The zero-order valence-electron chi connectivity index (χ0n) is 14.5. The lowest BCUT2D eigenvalue weighted by Gasteiger charge is -2.15. The van der Waals surface area contributed by atoms with Gasteiger partial charge < -0.3 is 20.1 Å². The molecule has 0 aliphatic carbocycles. The number of anilines is 1. The Morgan fingerprint density at radius 3 is 2.61 bits per heavy atom. The summed E-state index contributed by atoms with van der Waals surface area (Å²) in [6.07, 6.45) is 2.10. The minimum atomic E-state index is 0. The number of guanidine groups is 1. The molecule has 0 aliphatic heterocycles. The van der Waals surface area contributed by atoms with Gasteiger partial charge in [0.15, 0.2) is 17.5 Å². The van der Waals surface area contributed by atoms with E-state index in [2.05, 4.69) is 35.7 Å². The molecule has 132 valence electrons. The van der Waals surface area contributed by atoms with Crippen LogP contribution in [0.3, 0.4) is 0 Å². The SMILES string of the molecule is CCNC(=NCC(C)SC)Nc1ccc(OC)c(OCC)c1.I. The summed E-state index contributed by atoms with van der Waals surface area (Å²) in [4.78, 5) is 4.60. The van der Waals surface area contributed by atoms with Crippen molar-refractivity contribution >= 4 is 47.4 Å². The molecular weight excluding hydrogens is 425 g/mol. The summed E-state index contributed by atoms with van der Waals surface area (Å²) < 4.78 is 10.9. The number of halogens is 1. The Morgan fingerprint density at radius 1 is 1.30 bits per heavy atom. The Labute approximate surface area is 161 Å². The lowest BCUT2D eigenvalue weighted by Crippen LogP contribution is -2.31. The fourth-order valence-corrected chi connectivity index (χ4v) is 1.98. The van der Waals surface area contributed by atoms with Gasteiger partial charge in [-0.15, -0.1) is 24.0 Å². The maximum Gasteiger partial charge on any atom is 0.195 e. The third-order valence-electron chi connectivity index (χ3n) is 2.98. The van der Waals surface area contributed by atoms with Crippen LogP contribution in [0.15, 0.2) is 23.2 Å². The number of methoxy groups -OCH3 is 1. The van der Waals surface area contributed by atoms with Gasteiger partial charge in [-0.2, -0.15) is 11.8 Å². The zero-order valence-corrected chi connectivity index (χ0v) is 17.7. The summed E-state index contributed by atoms with van der Waals surface area (Å²) in [5.41, 5.74) is 0.917. The fourth-order valence-electron chi connectivity index (χ4n) is 1.76. The monoisotopic (exact) mass is 453 g/mol. The minimum absolute atomic E-state index is 0. The van der Waals surface area contributed by atoms with Crippen LogP contribution in [0.25, 0.3) is 0 Å². The van der Waals surface area contributed by atoms with Crippen molar-refractivity contribution in [2.45, 2.75) is 26.0 Å². The van der Waals surface area contributed by atoms with Crippen molar-refractivity contribution in [2.75, 3.05) is 38.4 Å². The summed E-state index contributed by atoms with van der Waals surface area (Å²) in [6, 6.07) is 5.76. The molecule has 1 aromatic rings. The van der Waals surface area contributed by atoms with E-state index < -0.39 is 0 Å². The molecule has 0 aromatic heterocycles. The molecular formula is C16H28IN3O2S. The first kappa shape index (κ1) is 22.2. The van der Waals surface area contributed by atoms with Crippen molar-refractivity contribution in [1.29, 1.82) is 0 Å². The second-order valence-electron chi connectivity index (χ2n) is 4.69. The van der Waals surface area contributed by atoms with E-state index in [4.69, 9.17) is 9.47 Å². The van der Waals surface area contributed by atoms with Crippen molar-refractivity contribution in [3.63, 3.8) is 0 Å². The zero-order chi connectivity index (χ0) is 16.4. The first-order valence-electron chi connectivity index (χ1n) is 7.53. The van der Waals surface area contributed by atoms with Crippen LogP contribution < -0.4 is 20.1 Å². The molecule has 23 heavy (non-hydrogen) atoms. The largest absolute Gasteiger partial charge is 0.493 e. The number of aliphatic imine (C=N–C) groups is 1. The number of thioether (sulfide) groups is 1. The first-order valence-corrected chi connectivity index (χ1v) is 8.82. The predicted octanol–water partition coefficient (Wildman–Crippen LogP) is 3.84. The number of rotatable bonds is 8. The topological polar surface area (TPSA) is 54.9 Å². The van der Waals surface area contributed by atoms with Gasteiger partial charge in [0.2, 0.25) is 0 Å². The molecule has 1 aromatic carbocycles. The quantitative estimate of drug-likeness (QED) is 0.356. The number of ether oxygens (including phenoxy) is 2. The molecule has 0 saturated carbocycles. The van der Waals surface area contributed by atoms with Gasteiger partial charge >= 0.3 is 0 Å². The molecule has 5 nitrogen and oxygen atoms in total. The third-order valence-corrected chi connectivity index (χ3v) is 3.93. The van der Waals surface area contributed by atoms with Crippen LogP contribution >= 0.6 is 35.7 Å². The van der Waals surface area contributed by atoms with E-state index in [0.29, 0.717) is 11.9 Å². The Kier molecular flexibility index (Phi) is 12.1. The van der Waals surface area contributed by atoms with Gasteiger partial charge in [0, 0.05) is 23.5 Å². The van der Waals surface area contributed by atoms with E-state index in [-0.39, 0.29) is 24.0 Å². The summed E-state index contributed by atoms with van der Waals surface area (Å²) in [5.74, 6) is 2.23. The van der Waals surface area contributed by atoms with E-state index in [0.717, 1.165) is 36.2 Å². The van der Waals surface area contributed by atoms with Crippen molar-refractivity contribution in [1.82, 2.24) is 5.32 Å². The molecule has 0 amide bonds. The van der Waals surface area contributed by atoms with Crippen LogP contribution in [0.4, 0.5) is 5.69 Å². The molecule has 2 N–H and O–H groups in total. The van der Waals surface area contributed by atoms with Gasteiger partial charge in [-0.1, -0.05) is 6.92 Å². The Bertz CT molecular complexity index is 486. The van der Waals surface area contributed by atoms with Crippen molar-refractivity contribution in [3.05, 3.63) is 18.2 Å². The normalized spacial score (nSPS) is 12.1. The summed E-state index contributed by atoms with van der Waals surface area (Å²) >= 11 is 1.81. The van der Waals surface area contributed by atoms with Crippen LogP contribution in [0, 0.1) is 0 Å². The van der Waals surface area contributed by atoms with Gasteiger partial charge in [-0.3, -0.25) is 4.99 Å². The van der Waals surface area contributed by atoms with E-state index in [1.165, 1.54) is 0 Å². The van der Waals surface area contributed by atoms with E-state index in [1.54, 1.807) is 18.9 Å². The Hall–Kier alpha value is -0.830. The Balaban J connectivity index is 0.00000484. The molecule has 1 atom stereocenters. The molecule has 7 heteroatoms. The second-order valence-corrected chi connectivity index (χ2v) is 5.97. The van der Waals surface area contributed by atoms with Crippen molar-refractivity contribution < 1.29 is 9.47 Å². The van der Waals surface area contributed by atoms with Crippen LogP contribution in [0.2, 0.25) is 0 Å². The third kappa shape index (κ3) is 8.01. The average molecular weight is 453 g/mol. The standard InChI is InChI=1S/C16H27N3O2S.HI/c1-6-17-16(18-11-12(3)22-5)19-13-8-9-14(20-4)15(10-13)21-7-2;/h8-10,12H,6-7,11H2,1-5H3,(H2,17,18,19);1H. The molecule has 0 saturated heterocycles. The number of hydrogen-bond donors (Lipinski definition) is 2. The average Bonchev–Trinajstić information content (AvgIpc) is 2.53. The number of benzene rings is 1. The predicted molar refractivity (Wildman–Crippen MR) is 112 cm³/mol. The van der Waals surface area contributed by atoms with Crippen LogP contribution in [-0.4, -0.2) is 44.3 Å². The molecule has 0 fully saturated rings.